The van der Waals surface area contributed by atoms with Crippen molar-refractivity contribution in [3.8, 4) is 11.5 Å². The average molecular weight is 385 g/mol. The first kappa shape index (κ1) is 17.4. The van der Waals surface area contributed by atoms with Gasteiger partial charge in [-0.1, -0.05) is 23.7 Å². The molecule has 1 aliphatic rings. The van der Waals surface area contributed by atoms with E-state index in [1.165, 1.54) is 0 Å². The van der Waals surface area contributed by atoms with Crippen LogP contribution in [0.15, 0.2) is 48.7 Å². The lowest BCUT2D eigenvalue weighted by molar-refractivity contribution is 0.174. The Balaban J connectivity index is 1.52. The fourth-order valence-corrected chi connectivity index (χ4v) is 2.89. The zero-order valence-electron chi connectivity index (χ0n) is 14.3. The Kier molecular flexibility index (Phi) is 4.95. The number of ether oxygens (including phenoxy) is 2. The van der Waals surface area contributed by atoms with Crippen molar-refractivity contribution in [1.29, 1.82) is 0 Å². The highest BCUT2D eigenvalue weighted by atomic mass is 35.5. The van der Waals surface area contributed by atoms with E-state index in [-0.39, 0.29) is 13.4 Å². The van der Waals surface area contributed by atoms with Crippen molar-refractivity contribution in [2.45, 2.75) is 6.42 Å². The van der Waals surface area contributed by atoms with Gasteiger partial charge in [-0.3, -0.25) is 0 Å². The van der Waals surface area contributed by atoms with Crippen LogP contribution >= 0.6 is 11.6 Å². The molecule has 3 aromatic rings. The van der Waals surface area contributed by atoms with Gasteiger partial charge >= 0.3 is 0 Å². The highest BCUT2D eigenvalue weighted by Crippen LogP contribution is 2.44. The molecule has 8 heteroatoms. The number of benzene rings is 2. The molecule has 0 aliphatic carbocycles. The van der Waals surface area contributed by atoms with Gasteiger partial charge in [-0.25, -0.2) is 4.98 Å². The van der Waals surface area contributed by atoms with Crippen LogP contribution in [0.25, 0.3) is 0 Å². The number of nitrogens with zero attached hydrogens (tertiary/aromatic N) is 2. The molecule has 0 saturated heterocycles. The third kappa shape index (κ3) is 3.89. The predicted octanol–water partition coefficient (Wildman–Crippen LogP) is 3.88. The fraction of sp³-hybridized carbons (Fsp3) is 0.158. The van der Waals surface area contributed by atoms with Gasteiger partial charge in [0.1, 0.15) is 11.5 Å². The fourth-order valence-electron chi connectivity index (χ4n) is 2.69. The Labute approximate surface area is 160 Å². The number of aliphatic hydroxyl groups excluding tert-OH is 1. The molecule has 0 bridgehead atoms. The first-order valence-electron chi connectivity index (χ1n) is 8.38. The van der Waals surface area contributed by atoms with Crippen LogP contribution in [0.2, 0.25) is 5.02 Å². The van der Waals surface area contributed by atoms with Crippen LogP contribution in [-0.4, -0.2) is 28.5 Å². The molecule has 138 valence electrons. The summed E-state index contributed by atoms with van der Waals surface area (Å²) in [5.41, 5.74) is 2.52. The molecule has 0 unspecified atom stereocenters. The third-order valence-corrected chi connectivity index (χ3v) is 4.32. The zero-order chi connectivity index (χ0) is 18.6. The molecule has 2 heterocycles. The molecule has 0 atom stereocenters. The van der Waals surface area contributed by atoms with Gasteiger partial charge in [-0.2, -0.15) is 4.98 Å². The normalized spacial score (nSPS) is 12.1. The zero-order valence-corrected chi connectivity index (χ0v) is 15.0. The minimum Gasteiger partial charge on any atom is -0.454 e. The van der Waals surface area contributed by atoms with Crippen LogP contribution in [0.3, 0.4) is 0 Å². The molecule has 3 N–H and O–H groups in total. The number of nitrogens with one attached hydrogen (secondary N) is 2. The predicted molar refractivity (Wildman–Crippen MR) is 103 cm³/mol. The van der Waals surface area contributed by atoms with Crippen LogP contribution in [0.5, 0.6) is 11.5 Å². The minimum absolute atomic E-state index is 0.129. The summed E-state index contributed by atoms with van der Waals surface area (Å²) in [5.74, 6) is 2.21. The molecule has 1 aliphatic heterocycles. The van der Waals surface area contributed by atoms with E-state index in [0.717, 1.165) is 11.3 Å². The van der Waals surface area contributed by atoms with Crippen molar-refractivity contribution in [2.75, 3.05) is 24.0 Å². The van der Waals surface area contributed by atoms with Gasteiger partial charge < -0.3 is 25.2 Å². The number of anilines is 4. The summed E-state index contributed by atoms with van der Waals surface area (Å²) >= 11 is 6.29. The standard InChI is InChI=1S/C19H17ClN4O3/c20-14-5-6-15-18(27-11-26-15)17(14)23-16-7-9-21-19(24-16)22-13-3-1-12(2-4-13)8-10-25/h1-7,9,25H,8,10-11H2,(H2,21,22,23,24). The van der Waals surface area contributed by atoms with Gasteiger partial charge in [-0.05, 0) is 42.3 Å². The van der Waals surface area contributed by atoms with E-state index in [1.807, 2.05) is 24.3 Å². The maximum atomic E-state index is 8.99. The van der Waals surface area contributed by atoms with Crippen LogP contribution in [0, 0.1) is 0 Å². The molecular weight excluding hydrogens is 368 g/mol. The summed E-state index contributed by atoms with van der Waals surface area (Å²) in [6.45, 7) is 0.289. The van der Waals surface area contributed by atoms with Crippen molar-refractivity contribution in [2.24, 2.45) is 0 Å². The van der Waals surface area contributed by atoms with Crippen molar-refractivity contribution in [3.05, 3.63) is 59.2 Å². The van der Waals surface area contributed by atoms with Crippen LogP contribution in [0.4, 0.5) is 23.1 Å². The highest BCUT2D eigenvalue weighted by Gasteiger charge is 2.20. The topological polar surface area (TPSA) is 88.5 Å². The summed E-state index contributed by atoms with van der Waals surface area (Å²) in [6.07, 6.45) is 2.27. The Bertz CT molecular complexity index is 950. The number of aromatic nitrogens is 2. The average Bonchev–Trinajstić information content (AvgIpc) is 3.15. The van der Waals surface area contributed by atoms with E-state index in [1.54, 1.807) is 24.4 Å². The number of rotatable bonds is 6. The maximum absolute atomic E-state index is 8.99. The lowest BCUT2D eigenvalue weighted by atomic mass is 10.1. The Morgan fingerprint density at radius 2 is 1.89 bits per heavy atom. The molecule has 0 fully saturated rings. The highest BCUT2D eigenvalue weighted by molar-refractivity contribution is 6.33. The monoisotopic (exact) mass is 384 g/mol. The van der Waals surface area contributed by atoms with Gasteiger partial charge in [-0.15, -0.1) is 0 Å². The van der Waals surface area contributed by atoms with Crippen LogP contribution in [-0.2, 0) is 6.42 Å². The van der Waals surface area contributed by atoms with Crippen LogP contribution < -0.4 is 20.1 Å². The van der Waals surface area contributed by atoms with Crippen LogP contribution in [0.1, 0.15) is 5.56 Å². The summed E-state index contributed by atoms with van der Waals surface area (Å²) in [7, 11) is 0. The van der Waals surface area contributed by atoms with Gasteiger partial charge in [0.15, 0.2) is 11.5 Å². The second-order valence-electron chi connectivity index (χ2n) is 5.84. The second-order valence-corrected chi connectivity index (χ2v) is 6.25. The molecule has 0 spiro atoms. The maximum Gasteiger partial charge on any atom is 0.231 e. The van der Waals surface area contributed by atoms with Gasteiger partial charge in [0.2, 0.25) is 12.7 Å². The van der Waals surface area contributed by atoms with E-state index in [2.05, 4.69) is 20.6 Å². The van der Waals surface area contributed by atoms with E-state index >= 15 is 0 Å². The van der Waals surface area contributed by atoms with E-state index < -0.39 is 0 Å². The van der Waals surface area contributed by atoms with E-state index in [0.29, 0.717) is 40.4 Å². The number of hydrogen-bond donors (Lipinski definition) is 3. The molecule has 1 aromatic heterocycles. The molecular formula is C19H17ClN4O3. The van der Waals surface area contributed by atoms with Gasteiger partial charge in [0.25, 0.3) is 0 Å². The summed E-state index contributed by atoms with van der Waals surface area (Å²) in [5, 5.41) is 15.8. The number of aliphatic hydroxyl groups is 1. The lowest BCUT2D eigenvalue weighted by Gasteiger charge is -2.12. The first-order chi connectivity index (χ1) is 13.2. The van der Waals surface area contributed by atoms with Gasteiger partial charge in [0, 0.05) is 18.5 Å². The Morgan fingerprint density at radius 1 is 1.04 bits per heavy atom. The smallest absolute Gasteiger partial charge is 0.231 e. The Morgan fingerprint density at radius 3 is 2.70 bits per heavy atom. The van der Waals surface area contributed by atoms with Crippen molar-refractivity contribution < 1.29 is 14.6 Å². The van der Waals surface area contributed by atoms with Crippen molar-refractivity contribution >= 4 is 34.7 Å². The number of fused-ring (bicyclic) bond motifs is 1. The first-order valence-corrected chi connectivity index (χ1v) is 8.76. The molecule has 4 rings (SSSR count). The molecule has 0 amide bonds. The number of hydrogen-bond acceptors (Lipinski definition) is 7. The molecule has 27 heavy (non-hydrogen) atoms. The van der Waals surface area contributed by atoms with E-state index in [4.69, 9.17) is 26.2 Å². The molecule has 7 nitrogen and oxygen atoms in total. The molecule has 2 aromatic carbocycles. The second kappa shape index (κ2) is 7.69. The van der Waals surface area contributed by atoms with Crippen molar-refractivity contribution in [3.63, 3.8) is 0 Å². The Hall–Kier alpha value is -3.03. The third-order valence-electron chi connectivity index (χ3n) is 4.01. The van der Waals surface area contributed by atoms with Crippen molar-refractivity contribution in [1.82, 2.24) is 9.97 Å². The summed E-state index contributed by atoms with van der Waals surface area (Å²) in [4.78, 5) is 8.70. The summed E-state index contributed by atoms with van der Waals surface area (Å²) < 4.78 is 10.9. The minimum atomic E-state index is 0.129. The summed E-state index contributed by atoms with van der Waals surface area (Å²) in [6, 6.07) is 13.0. The molecule has 0 radical (unpaired) electrons. The lowest BCUT2D eigenvalue weighted by Crippen LogP contribution is -2.01. The van der Waals surface area contributed by atoms with Gasteiger partial charge in [0.05, 0.1) is 5.02 Å². The number of halogens is 1. The SMILES string of the molecule is OCCc1ccc(Nc2nccc(Nc3c(Cl)ccc4c3OCO4)n2)cc1. The molecule has 0 saturated carbocycles. The largest absolute Gasteiger partial charge is 0.454 e. The quantitative estimate of drug-likeness (QED) is 0.594. The van der Waals surface area contributed by atoms with E-state index in [9.17, 15) is 0 Å².